The quantitative estimate of drug-likeness (QED) is 0.925. The molecule has 0 aliphatic rings. The fourth-order valence-corrected chi connectivity index (χ4v) is 1.76. The first-order chi connectivity index (χ1) is 8.26. The van der Waals surface area contributed by atoms with Crippen molar-refractivity contribution in [3.8, 4) is 17.5 Å². The van der Waals surface area contributed by atoms with Crippen LogP contribution in [0.4, 0.5) is 0 Å². The lowest BCUT2D eigenvalue weighted by molar-refractivity contribution is 0.276. The zero-order chi connectivity index (χ0) is 12.3. The van der Waals surface area contributed by atoms with E-state index in [4.69, 9.17) is 14.8 Å². The third kappa shape index (κ3) is 2.38. The minimum absolute atomic E-state index is 0.0586. The molecule has 1 N–H and O–H groups in total. The van der Waals surface area contributed by atoms with Gasteiger partial charge in [-0.3, -0.25) is 0 Å². The predicted octanol–water partition coefficient (Wildman–Crippen LogP) is 1.55. The number of furan rings is 1. The van der Waals surface area contributed by atoms with E-state index in [2.05, 4.69) is 26.2 Å². The first-order valence-corrected chi connectivity index (χ1v) is 5.75. The van der Waals surface area contributed by atoms with Gasteiger partial charge < -0.3 is 9.52 Å². The van der Waals surface area contributed by atoms with Crippen molar-refractivity contribution in [1.29, 1.82) is 5.26 Å². The maximum Gasteiger partial charge on any atom is 0.193 e. The summed E-state index contributed by atoms with van der Waals surface area (Å²) in [6, 6.07) is 5.44. The molecule has 0 fully saturated rings. The number of hydrogen-bond acceptors (Lipinski definition) is 5. The summed E-state index contributed by atoms with van der Waals surface area (Å²) in [5.74, 6) is 0.524. The van der Waals surface area contributed by atoms with Crippen LogP contribution in [-0.4, -0.2) is 26.7 Å². The van der Waals surface area contributed by atoms with Crippen molar-refractivity contribution in [2.45, 2.75) is 13.0 Å². The molecule has 2 aromatic heterocycles. The molecule has 17 heavy (non-hydrogen) atoms. The predicted molar refractivity (Wildman–Crippen MR) is 61.8 cm³/mol. The molecule has 0 aliphatic heterocycles. The number of aliphatic hydroxyl groups is 1. The number of nitrogens with zero attached hydrogens (tertiary/aromatic N) is 4. The van der Waals surface area contributed by atoms with Gasteiger partial charge in [0.1, 0.15) is 11.8 Å². The molecule has 0 saturated carbocycles. The molecule has 88 valence electrons. The maximum absolute atomic E-state index is 8.96. The Morgan fingerprint density at radius 1 is 1.53 bits per heavy atom. The summed E-state index contributed by atoms with van der Waals surface area (Å²) < 4.78 is 7.52. The Labute approximate surface area is 106 Å². The molecule has 0 spiro atoms. The van der Waals surface area contributed by atoms with Gasteiger partial charge in [0, 0.05) is 13.2 Å². The average Bonchev–Trinajstić information content (AvgIpc) is 2.91. The summed E-state index contributed by atoms with van der Waals surface area (Å²) in [5, 5.41) is 25.4. The highest BCUT2D eigenvalue weighted by Gasteiger charge is 2.17. The van der Waals surface area contributed by atoms with Crippen LogP contribution in [0.5, 0.6) is 0 Å². The number of halogens is 1. The molecule has 0 amide bonds. The fourth-order valence-electron chi connectivity index (χ4n) is 1.45. The van der Waals surface area contributed by atoms with Crippen LogP contribution in [0.2, 0.25) is 0 Å². The minimum atomic E-state index is 0.0586. The van der Waals surface area contributed by atoms with Crippen molar-refractivity contribution in [3.05, 3.63) is 22.5 Å². The molecule has 0 bridgehead atoms. The van der Waals surface area contributed by atoms with E-state index in [9.17, 15) is 0 Å². The molecule has 2 aromatic rings. The van der Waals surface area contributed by atoms with Crippen molar-refractivity contribution in [1.82, 2.24) is 15.0 Å². The van der Waals surface area contributed by atoms with E-state index in [-0.39, 0.29) is 12.3 Å². The molecule has 6 nitrogen and oxygen atoms in total. The lowest BCUT2D eigenvalue weighted by Gasteiger charge is -2.02. The summed E-state index contributed by atoms with van der Waals surface area (Å²) in [4.78, 5) is 0. The van der Waals surface area contributed by atoms with E-state index in [1.165, 1.54) is 0 Å². The van der Waals surface area contributed by atoms with Gasteiger partial charge in [-0.15, -0.1) is 5.10 Å². The topological polar surface area (TPSA) is 87.9 Å². The molecule has 0 radical (unpaired) electrons. The van der Waals surface area contributed by atoms with Gasteiger partial charge >= 0.3 is 0 Å². The van der Waals surface area contributed by atoms with Crippen LogP contribution in [-0.2, 0) is 6.54 Å². The second-order valence-electron chi connectivity index (χ2n) is 3.30. The van der Waals surface area contributed by atoms with E-state index in [1.54, 1.807) is 16.8 Å². The molecular weight excluding hydrogens is 288 g/mol. The summed E-state index contributed by atoms with van der Waals surface area (Å²) in [6.45, 7) is 0.544. The summed E-state index contributed by atoms with van der Waals surface area (Å²) in [7, 11) is 0. The van der Waals surface area contributed by atoms with Crippen LogP contribution in [0.1, 0.15) is 12.1 Å². The Balaban J connectivity index is 2.42. The Bertz CT molecular complexity index is 555. The van der Waals surface area contributed by atoms with Crippen molar-refractivity contribution in [3.63, 3.8) is 0 Å². The maximum atomic E-state index is 8.96. The SMILES string of the molecule is N#Cc1nnn(CCCO)c1-c1ccc(Br)o1. The van der Waals surface area contributed by atoms with Gasteiger partial charge in [-0.05, 0) is 34.5 Å². The molecule has 0 atom stereocenters. The highest BCUT2D eigenvalue weighted by molar-refractivity contribution is 9.10. The van der Waals surface area contributed by atoms with Crippen LogP contribution >= 0.6 is 15.9 Å². The van der Waals surface area contributed by atoms with Gasteiger partial charge in [-0.25, -0.2) is 4.68 Å². The Hall–Kier alpha value is -1.65. The normalized spacial score (nSPS) is 10.4. The number of rotatable bonds is 4. The van der Waals surface area contributed by atoms with E-state index in [0.29, 0.717) is 29.1 Å². The lowest BCUT2D eigenvalue weighted by Crippen LogP contribution is -2.04. The standard InChI is InChI=1S/C10H9BrN4O2/c11-9-3-2-8(17-9)10-7(6-12)13-14-15(10)4-1-5-16/h2-3,16H,1,4-5H2. The largest absolute Gasteiger partial charge is 0.448 e. The van der Waals surface area contributed by atoms with Crippen LogP contribution in [0.15, 0.2) is 21.2 Å². The number of aryl methyl sites for hydroxylation is 1. The van der Waals surface area contributed by atoms with E-state index >= 15 is 0 Å². The Morgan fingerprint density at radius 3 is 2.94 bits per heavy atom. The number of hydrogen-bond donors (Lipinski definition) is 1. The molecule has 0 saturated heterocycles. The summed E-state index contributed by atoms with van der Waals surface area (Å²) in [5.41, 5.74) is 0.747. The number of aliphatic hydroxyl groups excluding tert-OH is 1. The molecule has 7 heteroatoms. The monoisotopic (exact) mass is 296 g/mol. The zero-order valence-electron chi connectivity index (χ0n) is 8.80. The first kappa shape index (κ1) is 11.8. The Morgan fingerprint density at radius 2 is 2.35 bits per heavy atom. The lowest BCUT2D eigenvalue weighted by atomic mass is 10.2. The van der Waals surface area contributed by atoms with Gasteiger partial charge in [-0.2, -0.15) is 5.26 Å². The van der Waals surface area contributed by atoms with Crippen molar-refractivity contribution in [2.24, 2.45) is 0 Å². The summed E-state index contributed by atoms with van der Waals surface area (Å²) >= 11 is 3.20. The average molecular weight is 297 g/mol. The van der Waals surface area contributed by atoms with Crippen molar-refractivity contribution >= 4 is 15.9 Å². The van der Waals surface area contributed by atoms with Crippen LogP contribution in [0, 0.1) is 11.3 Å². The van der Waals surface area contributed by atoms with Gasteiger partial charge in [0.05, 0.1) is 0 Å². The minimum Gasteiger partial charge on any atom is -0.448 e. The molecule has 0 aromatic carbocycles. The second kappa shape index (κ2) is 5.12. The second-order valence-corrected chi connectivity index (χ2v) is 4.08. The number of nitriles is 1. The highest BCUT2D eigenvalue weighted by atomic mass is 79.9. The van der Waals surface area contributed by atoms with Gasteiger partial charge in [-0.1, -0.05) is 5.21 Å². The Kier molecular flexibility index (Phi) is 3.56. The first-order valence-electron chi connectivity index (χ1n) is 4.96. The van der Waals surface area contributed by atoms with Crippen LogP contribution in [0.3, 0.4) is 0 Å². The molecule has 0 unspecified atom stereocenters. The summed E-state index contributed by atoms with van der Waals surface area (Å²) in [6.07, 6.45) is 0.545. The molecule has 2 rings (SSSR count). The fraction of sp³-hybridized carbons (Fsp3) is 0.300. The molecular formula is C10H9BrN4O2. The van der Waals surface area contributed by atoms with Crippen LogP contribution < -0.4 is 0 Å². The molecule has 2 heterocycles. The van der Waals surface area contributed by atoms with Crippen LogP contribution in [0.25, 0.3) is 11.5 Å². The van der Waals surface area contributed by atoms with Gasteiger partial charge in [0.2, 0.25) is 0 Å². The smallest absolute Gasteiger partial charge is 0.193 e. The van der Waals surface area contributed by atoms with E-state index < -0.39 is 0 Å². The van der Waals surface area contributed by atoms with Gasteiger partial charge in [0.25, 0.3) is 0 Å². The van der Waals surface area contributed by atoms with E-state index in [0.717, 1.165) is 0 Å². The highest BCUT2D eigenvalue weighted by Crippen LogP contribution is 2.26. The zero-order valence-corrected chi connectivity index (χ0v) is 10.4. The van der Waals surface area contributed by atoms with Crippen molar-refractivity contribution < 1.29 is 9.52 Å². The molecule has 0 aliphatic carbocycles. The van der Waals surface area contributed by atoms with Gasteiger partial charge in [0.15, 0.2) is 16.1 Å². The van der Waals surface area contributed by atoms with Crippen molar-refractivity contribution in [2.75, 3.05) is 6.61 Å². The van der Waals surface area contributed by atoms with E-state index in [1.807, 2.05) is 6.07 Å². The number of aromatic nitrogens is 3. The third-order valence-electron chi connectivity index (χ3n) is 2.18. The third-order valence-corrected chi connectivity index (χ3v) is 2.60.